The van der Waals surface area contributed by atoms with Crippen LogP contribution in [-0.4, -0.2) is 51.5 Å². The molecule has 20 heavy (non-hydrogen) atoms. The molecule has 2 N–H and O–H groups in total. The zero-order chi connectivity index (χ0) is 14.9. The van der Waals surface area contributed by atoms with Crippen LogP contribution >= 0.6 is 0 Å². The maximum absolute atomic E-state index is 11.7. The Morgan fingerprint density at radius 2 is 1.85 bits per heavy atom. The number of nitrogens with two attached hydrogens (primary N) is 1. The number of hydrogen-bond acceptors (Lipinski definition) is 6. The van der Waals surface area contributed by atoms with Gasteiger partial charge in [0.05, 0.1) is 10.6 Å². The fraction of sp³-hybridized carbons (Fsp3) is 0.455. The molecule has 0 atom stereocenters. The first-order valence-corrected chi connectivity index (χ1v) is 7.58. The zero-order valence-electron chi connectivity index (χ0n) is 11.0. The van der Waals surface area contributed by atoms with E-state index in [1.54, 1.807) is 0 Å². The Kier molecular flexibility index (Phi) is 3.93. The van der Waals surface area contributed by atoms with E-state index >= 15 is 0 Å². The van der Waals surface area contributed by atoms with Crippen LogP contribution in [0.25, 0.3) is 0 Å². The molecule has 0 spiro atoms. The Morgan fingerprint density at radius 1 is 1.25 bits per heavy atom. The second-order valence-electron chi connectivity index (χ2n) is 4.74. The quantitative estimate of drug-likeness (QED) is 0.621. The molecule has 9 heteroatoms. The second kappa shape index (κ2) is 5.35. The van der Waals surface area contributed by atoms with Gasteiger partial charge in [0.25, 0.3) is 5.69 Å². The highest BCUT2D eigenvalue weighted by atomic mass is 32.2. The third-order valence-corrected chi connectivity index (χ3v) is 4.24. The predicted molar refractivity (Wildman–Crippen MR) is 74.2 cm³/mol. The molecule has 2 rings (SSSR count). The summed E-state index contributed by atoms with van der Waals surface area (Å²) < 4.78 is 23.3. The molecule has 0 bridgehead atoms. The van der Waals surface area contributed by atoms with Crippen molar-refractivity contribution >= 4 is 21.4 Å². The first kappa shape index (κ1) is 14.7. The average Bonchev–Trinajstić information content (AvgIpc) is 2.38. The monoisotopic (exact) mass is 300 g/mol. The molecule has 0 unspecified atom stereocenters. The van der Waals surface area contributed by atoms with Crippen molar-refractivity contribution in [1.82, 2.24) is 4.90 Å². The maximum atomic E-state index is 11.7. The summed E-state index contributed by atoms with van der Waals surface area (Å²) in [5.74, 6) is 0. The van der Waals surface area contributed by atoms with E-state index in [4.69, 9.17) is 5.14 Å². The molecule has 1 saturated heterocycles. The molecule has 1 heterocycles. The maximum Gasteiger partial charge on any atom is 0.270 e. The number of non-ortho nitro benzene ring substituents is 1. The van der Waals surface area contributed by atoms with Gasteiger partial charge in [0.1, 0.15) is 4.90 Å². The molecule has 8 nitrogen and oxygen atoms in total. The molecule has 0 amide bonds. The smallest absolute Gasteiger partial charge is 0.270 e. The number of nitrogens with zero attached hydrogens (tertiary/aromatic N) is 3. The molecule has 110 valence electrons. The Morgan fingerprint density at radius 3 is 2.35 bits per heavy atom. The van der Waals surface area contributed by atoms with E-state index in [0.29, 0.717) is 18.8 Å². The second-order valence-corrected chi connectivity index (χ2v) is 6.27. The van der Waals surface area contributed by atoms with Gasteiger partial charge in [0, 0.05) is 38.3 Å². The number of rotatable bonds is 3. The number of benzene rings is 1. The molecular formula is C11H16N4O4S. The molecule has 0 radical (unpaired) electrons. The summed E-state index contributed by atoms with van der Waals surface area (Å²) in [6.07, 6.45) is 0. The lowest BCUT2D eigenvalue weighted by molar-refractivity contribution is -0.385. The van der Waals surface area contributed by atoms with Crippen LogP contribution in [0.4, 0.5) is 11.4 Å². The van der Waals surface area contributed by atoms with Gasteiger partial charge in [-0.25, -0.2) is 13.6 Å². The minimum Gasteiger partial charge on any atom is -0.368 e. The van der Waals surface area contributed by atoms with Gasteiger partial charge < -0.3 is 9.80 Å². The minimum atomic E-state index is -4.01. The van der Waals surface area contributed by atoms with E-state index in [2.05, 4.69) is 4.90 Å². The number of sulfonamides is 1. The SMILES string of the molecule is CN1CCN(c2ccc([N+](=O)[O-])cc2S(N)(=O)=O)CC1. The van der Waals surface area contributed by atoms with E-state index in [9.17, 15) is 18.5 Å². The van der Waals surface area contributed by atoms with Gasteiger partial charge in [0.2, 0.25) is 10.0 Å². The zero-order valence-corrected chi connectivity index (χ0v) is 11.8. The lowest BCUT2D eigenvalue weighted by Crippen LogP contribution is -2.45. The Hall–Kier alpha value is -1.71. The van der Waals surface area contributed by atoms with Crippen molar-refractivity contribution in [2.24, 2.45) is 5.14 Å². The molecule has 1 aliphatic heterocycles. The summed E-state index contributed by atoms with van der Waals surface area (Å²) in [5.41, 5.74) is 0.137. The summed E-state index contributed by atoms with van der Waals surface area (Å²) in [6, 6.07) is 3.76. The highest BCUT2D eigenvalue weighted by molar-refractivity contribution is 7.89. The largest absolute Gasteiger partial charge is 0.368 e. The number of anilines is 1. The lowest BCUT2D eigenvalue weighted by atomic mass is 10.2. The van der Waals surface area contributed by atoms with Crippen molar-refractivity contribution in [3.63, 3.8) is 0 Å². The number of nitro benzene ring substituents is 1. The fourth-order valence-electron chi connectivity index (χ4n) is 2.15. The lowest BCUT2D eigenvalue weighted by Gasteiger charge is -2.34. The van der Waals surface area contributed by atoms with E-state index < -0.39 is 14.9 Å². The minimum absolute atomic E-state index is 0.198. The van der Waals surface area contributed by atoms with Crippen LogP contribution in [0.2, 0.25) is 0 Å². The van der Waals surface area contributed by atoms with E-state index in [1.807, 2.05) is 11.9 Å². The van der Waals surface area contributed by atoms with E-state index in [1.165, 1.54) is 12.1 Å². The van der Waals surface area contributed by atoms with Gasteiger partial charge in [-0.2, -0.15) is 0 Å². The Balaban J connectivity index is 2.45. The molecule has 0 saturated carbocycles. The third-order valence-electron chi connectivity index (χ3n) is 3.30. The third kappa shape index (κ3) is 3.06. The molecule has 1 aromatic rings. The highest BCUT2D eigenvalue weighted by Gasteiger charge is 2.24. The first-order valence-electron chi connectivity index (χ1n) is 6.04. The van der Waals surface area contributed by atoms with Gasteiger partial charge >= 0.3 is 0 Å². The van der Waals surface area contributed by atoms with Crippen molar-refractivity contribution in [3.8, 4) is 0 Å². The topological polar surface area (TPSA) is 110 Å². The van der Waals surface area contributed by atoms with Crippen molar-refractivity contribution in [1.29, 1.82) is 0 Å². The number of piperazine rings is 1. The Bertz CT molecular complexity index is 623. The van der Waals surface area contributed by atoms with E-state index in [-0.39, 0.29) is 10.6 Å². The first-order chi connectivity index (χ1) is 9.29. The van der Waals surface area contributed by atoms with E-state index in [0.717, 1.165) is 19.2 Å². The molecule has 1 aromatic carbocycles. The number of likely N-dealkylation sites (N-methyl/N-ethyl adjacent to an activating group) is 1. The molecular weight excluding hydrogens is 284 g/mol. The summed E-state index contributed by atoms with van der Waals surface area (Å²) in [4.78, 5) is 13.9. The average molecular weight is 300 g/mol. The highest BCUT2D eigenvalue weighted by Crippen LogP contribution is 2.29. The molecule has 0 aliphatic carbocycles. The van der Waals surface area contributed by atoms with Crippen LogP contribution in [0, 0.1) is 10.1 Å². The standard InChI is InChI=1S/C11H16N4O4S/c1-13-4-6-14(7-5-13)10-3-2-9(15(16)17)8-11(10)20(12,18)19/h2-3,8H,4-7H2,1H3,(H2,12,18,19). The summed E-state index contributed by atoms with van der Waals surface area (Å²) in [5, 5.41) is 15.9. The summed E-state index contributed by atoms with van der Waals surface area (Å²) >= 11 is 0. The van der Waals surface area contributed by atoms with Gasteiger partial charge in [-0.05, 0) is 13.1 Å². The van der Waals surface area contributed by atoms with Gasteiger partial charge in [0.15, 0.2) is 0 Å². The number of primary sulfonamides is 1. The van der Waals surface area contributed by atoms with Crippen molar-refractivity contribution in [3.05, 3.63) is 28.3 Å². The predicted octanol–water partition coefficient (Wildman–Crippen LogP) is -0.00600. The number of hydrogen-bond donors (Lipinski definition) is 1. The van der Waals surface area contributed by atoms with Crippen molar-refractivity contribution < 1.29 is 13.3 Å². The normalized spacial score (nSPS) is 17.2. The van der Waals surface area contributed by atoms with Gasteiger partial charge in [-0.15, -0.1) is 0 Å². The van der Waals surface area contributed by atoms with Crippen LogP contribution in [0.3, 0.4) is 0 Å². The molecule has 0 aromatic heterocycles. The molecule has 1 aliphatic rings. The number of nitro groups is 1. The Labute approximate surface area is 117 Å². The van der Waals surface area contributed by atoms with Crippen molar-refractivity contribution in [2.75, 3.05) is 38.1 Å². The van der Waals surface area contributed by atoms with Crippen LogP contribution in [0.1, 0.15) is 0 Å². The van der Waals surface area contributed by atoms with Gasteiger partial charge in [-0.1, -0.05) is 0 Å². The van der Waals surface area contributed by atoms with Crippen LogP contribution < -0.4 is 10.0 Å². The van der Waals surface area contributed by atoms with Crippen LogP contribution in [-0.2, 0) is 10.0 Å². The molecule has 1 fully saturated rings. The summed E-state index contributed by atoms with van der Waals surface area (Å²) in [6.45, 7) is 2.88. The van der Waals surface area contributed by atoms with Crippen molar-refractivity contribution in [2.45, 2.75) is 4.90 Å². The summed E-state index contributed by atoms with van der Waals surface area (Å²) in [7, 11) is -2.03. The fourth-order valence-corrected chi connectivity index (χ4v) is 2.93. The van der Waals surface area contributed by atoms with Crippen LogP contribution in [0.15, 0.2) is 23.1 Å². The van der Waals surface area contributed by atoms with Gasteiger partial charge in [-0.3, -0.25) is 10.1 Å². The van der Waals surface area contributed by atoms with Crippen LogP contribution in [0.5, 0.6) is 0 Å².